The number of aliphatic carboxylic acids is 8. The molecular formula is C21H36O28. The number of aliphatic hydroxyl groups is 12. The minimum atomic E-state index is -2.27. The summed E-state index contributed by atoms with van der Waals surface area (Å²) in [7, 11) is 0. The molecule has 0 aromatic carbocycles. The van der Waals surface area contributed by atoms with Crippen LogP contribution in [-0.4, -0.2) is 225 Å². The minimum absolute atomic E-state index is 0.406. The van der Waals surface area contributed by atoms with Gasteiger partial charge in [0.15, 0.2) is 48.8 Å². The maximum absolute atomic E-state index is 9.77. The van der Waals surface area contributed by atoms with Gasteiger partial charge in [0, 0.05) is 0 Å². The summed E-state index contributed by atoms with van der Waals surface area (Å²) >= 11 is 0. The zero-order chi connectivity index (χ0) is 40.6. The van der Waals surface area contributed by atoms with Crippen molar-refractivity contribution in [3.05, 3.63) is 0 Å². The zero-order valence-corrected chi connectivity index (χ0v) is 24.2. The Hall–Kier alpha value is -4.72. The normalized spacial score (nSPS) is 15.1. The molecule has 49 heavy (non-hydrogen) atoms. The van der Waals surface area contributed by atoms with E-state index in [9.17, 15) is 38.4 Å². The molecule has 0 saturated carbocycles. The van der Waals surface area contributed by atoms with E-state index in [1.807, 2.05) is 0 Å². The van der Waals surface area contributed by atoms with Crippen LogP contribution in [0.1, 0.15) is 0 Å². The Kier molecular flexibility index (Phi) is 29.9. The van der Waals surface area contributed by atoms with Gasteiger partial charge < -0.3 is 102 Å². The largest absolute Gasteiger partial charge is 0.479 e. The smallest absolute Gasteiger partial charge is 0.335 e. The van der Waals surface area contributed by atoms with Crippen molar-refractivity contribution >= 4 is 47.8 Å². The van der Waals surface area contributed by atoms with Crippen molar-refractivity contribution in [3.8, 4) is 0 Å². The van der Waals surface area contributed by atoms with E-state index in [0.717, 1.165) is 0 Å². The summed E-state index contributed by atoms with van der Waals surface area (Å²) < 4.78 is 0. The van der Waals surface area contributed by atoms with Crippen LogP contribution in [0.15, 0.2) is 0 Å². The van der Waals surface area contributed by atoms with E-state index >= 15 is 0 Å². The summed E-state index contributed by atoms with van der Waals surface area (Å²) in [5.74, 6) is -14.1. The standard InChI is InChI=1S/C5H12O4.4C4H6O6/c6-1-5(2-7,3-8)4-9;4*5-1(3(7)8)2(6)4(9)10/h6-9H,1-4H2;4*1-2,5-6H,(H,7,8)(H,9,10). The molecule has 0 rings (SSSR count). The zero-order valence-electron chi connectivity index (χ0n) is 24.2. The number of aliphatic hydroxyl groups excluding tert-OH is 12. The molecule has 0 heterocycles. The molecule has 0 aliphatic rings. The highest BCUT2D eigenvalue weighted by molar-refractivity contribution is 5.84. The van der Waals surface area contributed by atoms with Crippen molar-refractivity contribution in [2.45, 2.75) is 48.8 Å². The molecule has 20 N–H and O–H groups in total. The molecule has 0 aliphatic heterocycles. The Morgan fingerprint density at radius 1 is 0.286 bits per heavy atom. The van der Waals surface area contributed by atoms with Gasteiger partial charge in [-0.2, -0.15) is 0 Å². The second kappa shape index (κ2) is 27.3. The Bertz CT molecular complexity index is 819. The fraction of sp³-hybridized carbons (Fsp3) is 0.619. The molecule has 288 valence electrons. The van der Waals surface area contributed by atoms with Gasteiger partial charge in [-0.05, 0) is 0 Å². The van der Waals surface area contributed by atoms with E-state index in [2.05, 4.69) is 0 Å². The third kappa shape index (κ3) is 24.1. The average molecular weight is 736 g/mol. The van der Waals surface area contributed by atoms with Crippen LogP contribution >= 0.6 is 0 Å². The lowest BCUT2D eigenvalue weighted by Crippen LogP contribution is -2.39. The molecule has 8 atom stereocenters. The van der Waals surface area contributed by atoms with Gasteiger partial charge in [0.1, 0.15) is 0 Å². The quantitative estimate of drug-likeness (QED) is 0.0699. The molecule has 8 unspecified atom stereocenters. The molecule has 0 fully saturated rings. The summed E-state index contributed by atoms with van der Waals surface area (Å²) in [5, 5.41) is 164. The lowest BCUT2D eigenvalue weighted by atomic mass is 9.93. The number of carboxylic acids is 8. The van der Waals surface area contributed by atoms with Crippen molar-refractivity contribution < 1.29 is 140 Å². The predicted molar refractivity (Wildman–Crippen MR) is 140 cm³/mol. The molecule has 28 nitrogen and oxygen atoms in total. The lowest BCUT2D eigenvalue weighted by Gasteiger charge is -2.23. The molecule has 0 bridgehead atoms. The SMILES string of the molecule is O=C(O)C(O)C(O)C(=O)O.O=C(O)C(O)C(O)C(=O)O.O=C(O)C(O)C(O)C(=O)O.O=C(O)C(O)C(O)C(=O)O.OCC(CO)(CO)CO. The molecule has 0 aromatic rings. The van der Waals surface area contributed by atoms with Gasteiger partial charge in [-0.3, -0.25) is 0 Å². The second-order valence-electron chi connectivity index (χ2n) is 8.40. The van der Waals surface area contributed by atoms with Crippen molar-refractivity contribution in [2.24, 2.45) is 5.41 Å². The number of carboxylic acid groups (broad SMARTS) is 8. The summed E-state index contributed by atoms with van der Waals surface area (Å²) in [6.45, 7) is -1.62. The van der Waals surface area contributed by atoms with Gasteiger partial charge in [0.25, 0.3) is 0 Å². The monoisotopic (exact) mass is 736 g/mol. The fourth-order valence-corrected chi connectivity index (χ4v) is 1.38. The fourth-order valence-electron chi connectivity index (χ4n) is 1.38. The maximum atomic E-state index is 9.77. The Labute approximate surface area is 269 Å². The van der Waals surface area contributed by atoms with Gasteiger partial charge in [-0.1, -0.05) is 0 Å². The maximum Gasteiger partial charge on any atom is 0.335 e. The van der Waals surface area contributed by atoms with Crippen LogP contribution in [0, 0.1) is 5.41 Å². The molecule has 0 saturated heterocycles. The van der Waals surface area contributed by atoms with Gasteiger partial charge in [-0.15, -0.1) is 0 Å². The van der Waals surface area contributed by atoms with Crippen LogP contribution in [0.4, 0.5) is 0 Å². The average Bonchev–Trinajstić information content (AvgIpc) is 3.03. The van der Waals surface area contributed by atoms with Crippen molar-refractivity contribution in [1.29, 1.82) is 0 Å². The van der Waals surface area contributed by atoms with E-state index in [1.54, 1.807) is 0 Å². The third-order valence-electron chi connectivity index (χ3n) is 4.56. The molecule has 0 amide bonds. The number of rotatable bonds is 16. The molecule has 28 heteroatoms. The van der Waals surface area contributed by atoms with E-state index in [4.69, 9.17) is 102 Å². The predicted octanol–water partition coefficient (Wildman–Crippen LogP) is -10.5. The molecule has 0 radical (unpaired) electrons. The highest BCUT2D eigenvalue weighted by Gasteiger charge is 2.31. The number of carbonyl (C=O) groups is 8. The number of hydrogen-bond acceptors (Lipinski definition) is 20. The van der Waals surface area contributed by atoms with Crippen molar-refractivity contribution in [2.75, 3.05) is 26.4 Å². The van der Waals surface area contributed by atoms with Crippen molar-refractivity contribution in [3.63, 3.8) is 0 Å². The third-order valence-corrected chi connectivity index (χ3v) is 4.56. The second-order valence-corrected chi connectivity index (χ2v) is 8.40. The van der Waals surface area contributed by atoms with Gasteiger partial charge >= 0.3 is 47.8 Å². The summed E-state index contributed by atoms with van der Waals surface area (Å²) in [4.78, 5) is 78.2. The highest BCUT2D eigenvalue weighted by Crippen LogP contribution is 2.11. The van der Waals surface area contributed by atoms with E-state index in [1.165, 1.54) is 0 Å². The van der Waals surface area contributed by atoms with Gasteiger partial charge in [-0.25, -0.2) is 38.4 Å². The van der Waals surface area contributed by atoms with Crippen LogP contribution < -0.4 is 0 Å². The topological polar surface area (TPSA) is 541 Å². The first kappa shape index (κ1) is 53.8. The van der Waals surface area contributed by atoms with Crippen LogP contribution in [0.5, 0.6) is 0 Å². The highest BCUT2D eigenvalue weighted by atomic mass is 16.5. The van der Waals surface area contributed by atoms with Crippen molar-refractivity contribution in [1.82, 2.24) is 0 Å². The Morgan fingerprint density at radius 3 is 0.388 bits per heavy atom. The van der Waals surface area contributed by atoms with Crippen LogP contribution in [0.2, 0.25) is 0 Å². The van der Waals surface area contributed by atoms with Gasteiger partial charge in [0.05, 0.1) is 31.8 Å². The minimum Gasteiger partial charge on any atom is -0.479 e. The van der Waals surface area contributed by atoms with Gasteiger partial charge in [0.2, 0.25) is 0 Å². The summed E-state index contributed by atoms with van der Waals surface area (Å²) in [6, 6.07) is 0. The first-order chi connectivity index (χ1) is 22.1. The van der Waals surface area contributed by atoms with Crippen LogP contribution in [-0.2, 0) is 38.4 Å². The molecule has 0 spiro atoms. The lowest BCUT2D eigenvalue weighted by molar-refractivity contribution is -0.165. The Balaban J connectivity index is -0.000000165. The Morgan fingerprint density at radius 2 is 0.367 bits per heavy atom. The summed E-state index contributed by atoms with van der Waals surface area (Å²) in [5.41, 5.74) is -1.11. The molecular weight excluding hydrogens is 700 g/mol. The number of hydrogen-bond donors (Lipinski definition) is 20. The van der Waals surface area contributed by atoms with E-state index in [0.29, 0.717) is 0 Å². The van der Waals surface area contributed by atoms with E-state index < -0.39 is 128 Å². The molecule has 0 aliphatic carbocycles. The first-order valence-corrected chi connectivity index (χ1v) is 11.8. The molecule has 0 aromatic heterocycles. The van der Waals surface area contributed by atoms with Crippen LogP contribution in [0.3, 0.4) is 0 Å². The van der Waals surface area contributed by atoms with Crippen LogP contribution in [0.25, 0.3) is 0 Å². The van der Waals surface area contributed by atoms with E-state index in [-0.39, 0.29) is 0 Å². The first-order valence-electron chi connectivity index (χ1n) is 11.8. The summed E-state index contributed by atoms with van der Waals surface area (Å²) in [6.07, 6.45) is -18.1.